The lowest BCUT2D eigenvalue weighted by atomic mass is 9.90. The van der Waals surface area contributed by atoms with Gasteiger partial charge in [-0.05, 0) is 6.42 Å². The molecule has 1 heterocycles. The van der Waals surface area contributed by atoms with Crippen LogP contribution in [0.1, 0.15) is 19.3 Å². The van der Waals surface area contributed by atoms with Gasteiger partial charge in [-0.15, -0.1) is 0 Å². The Kier molecular flexibility index (Phi) is 4.28. The lowest BCUT2D eigenvalue weighted by molar-refractivity contribution is -0.189. The van der Waals surface area contributed by atoms with Crippen LogP contribution in [0, 0.1) is 5.92 Å². The number of ether oxygens (including phenoxy) is 3. The molecule has 0 amide bonds. The number of carbonyl (C=O) groups excluding carboxylic acids is 3. The van der Waals surface area contributed by atoms with E-state index in [0.29, 0.717) is 6.42 Å². The molecule has 6 nitrogen and oxygen atoms in total. The van der Waals surface area contributed by atoms with Gasteiger partial charge in [-0.25, -0.2) is 0 Å². The molecule has 0 aliphatic carbocycles. The smallest absolute Gasteiger partial charge is 0.313 e. The van der Waals surface area contributed by atoms with E-state index in [1.165, 1.54) is 14.2 Å². The summed E-state index contributed by atoms with van der Waals surface area (Å²) in [7, 11) is 2.55. The average molecular weight is 230 g/mol. The Labute approximate surface area is 92.8 Å². The van der Waals surface area contributed by atoms with Crippen LogP contribution >= 0.6 is 0 Å². The summed E-state index contributed by atoms with van der Waals surface area (Å²) in [5, 5.41) is 0. The minimum absolute atomic E-state index is 0.00116. The van der Waals surface area contributed by atoms with Crippen molar-refractivity contribution >= 4 is 17.9 Å². The number of rotatable bonds is 5. The molecule has 0 aromatic carbocycles. The van der Waals surface area contributed by atoms with Gasteiger partial charge < -0.3 is 14.2 Å². The number of cyclic esters (lactones) is 1. The summed E-state index contributed by atoms with van der Waals surface area (Å²) in [6, 6.07) is 0. The molecule has 2 atom stereocenters. The molecule has 0 radical (unpaired) electrons. The Balaban J connectivity index is 2.35. The summed E-state index contributed by atoms with van der Waals surface area (Å²) in [4.78, 5) is 32.9. The van der Waals surface area contributed by atoms with E-state index >= 15 is 0 Å². The van der Waals surface area contributed by atoms with Crippen LogP contribution in [0.15, 0.2) is 0 Å². The van der Waals surface area contributed by atoms with Crippen LogP contribution in [0.3, 0.4) is 0 Å². The monoisotopic (exact) mass is 230 g/mol. The Morgan fingerprint density at radius 2 is 1.88 bits per heavy atom. The molecule has 1 saturated heterocycles. The predicted octanol–water partition coefficient (Wildman–Crippen LogP) is 0.0443. The van der Waals surface area contributed by atoms with Gasteiger partial charge in [0.25, 0.3) is 0 Å². The van der Waals surface area contributed by atoms with E-state index in [9.17, 15) is 14.4 Å². The van der Waals surface area contributed by atoms with Crippen molar-refractivity contribution in [3.05, 3.63) is 0 Å². The number of hydrogen-bond donors (Lipinski definition) is 0. The molecule has 0 saturated carbocycles. The Morgan fingerprint density at radius 1 is 1.25 bits per heavy atom. The van der Waals surface area contributed by atoms with Crippen LogP contribution < -0.4 is 0 Å². The second-order valence-electron chi connectivity index (χ2n) is 3.48. The van der Waals surface area contributed by atoms with Crippen LogP contribution in [-0.4, -0.2) is 38.2 Å². The second kappa shape index (κ2) is 5.48. The van der Waals surface area contributed by atoms with Crippen molar-refractivity contribution in [2.75, 3.05) is 14.2 Å². The minimum atomic E-state index is -0.489. The first kappa shape index (κ1) is 12.5. The van der Waals surface area contributed by atoms with Gasteiger partial charge in [-0.1, -0.05) is 0 Å². The molecule has 1 rings (SSSR count). The highest BCUT2D eigenvalue weighted by molar-refractivity contribution is 5.84. The maximum absolute atomic E-state index is 11.1. The Hall–Kier alpha value is -1.59. The highest BCUT2D eigenvalue weighted by Crippen LogP contribution is 2.29. The van der Waals surface area contributed by atoms with Gasteiger partial charge >= 0.3 is 17.9 Å². The maximum Gasteiger partial charge on any atom is 0.313 e. The number of hydrogen-bond acceptors (Lipinski definition) is 6. The zero-order chi connectivity index (χ0) is 12.1. The summed E-state index contributed by atoms with van der Waals surface area (Å²) < 4.78 is 13.8. The van der Waals surface area contributed by atoms with Gasteiger partial charge in [0.2, 0.25) is 0 Å². The van der Waals surface area contributed by atoms with Gasteiger partial charge in [0.15, 0.2) is 0 Å². The first-order chi connectivity index (χ1) is 7.58. The third-order valence-corrected chi connectivity index (χ3v) is 2.49. The molecule has 0 aromatic rings. The first-order valence-corrected chi connectivity index (χ1v) is 4.92. The topological polar surface area (TPSA) is 78.9 Å². The van der Waals surface area contributed by atoms with Crippen molar-refractivity contribution < 1.29 is 28.6 Å². The fourth-order valence-corrected chi connectivity index (χ4v) is 1.50. The molecule has 90 valence electrons. The highest BCUT2D eigenvalue weighted by Gasteiger charge is 2.43. The molecule has 0 aromatic heterocycles. The first-order valence-electron chi connectivity index (χ1n) is 4.92. The predicted molar refractivity (Wildman–Crippen MR) is 51.3 cm³/mol. The molecule has 0 spiro atoms. The quantitative estimate of drug-likeness (QED) is 0.490. The van der Waals surface area contributed by atoms with Crippen LogP contribution in [0.2, 0.25) is 0 Å². The van der Waals surface area contributed by atoms with Crippen molar-refractivity contribution in [3.8, 4) is 0 Å². The molecular formula is C10H14O6. The van der Waals surface area contributed by atoms with Gasteiger partial charge in [0, 0.05) is 6.42 Å². The average Bonchev–Trinajstić information content (AvgIpc) is 2.30. The van der Waals surface area contributed by atoms with E-state index in [1.54, 1.807) is 0 Å². The van der Waals surface area contributed by atoms with E-state index in [0.717, 1.165) is 0 Å². The van der Waals surface area contributed by atoms with Gasteiger partial charge in [0.1, 0.15) is 12.0 Å². The van der Waals surface area contributed by atoms with Crippen molar-refractivity contribution in [1.29, 1.82) is 0 Å². The maximum atomic E-state index is 11.1. The third kappa shape index (κ3) is 2.95. The SMILES string of the molecule is COC(=O)CC[C@@H]1OC(=O)[C@@H]1CC(=O)OC. The van der Waals surface area contributed by atoms with E-state index in [1.807, 2.05) is 0 Å². The molecule has 0 N–H and O–H groups in total. The third-order valence-electron chi connectivity index (χ3n) is 2.49. The molecular weight excluding hydrogens is 216 g/mol. The second-order valence-corrected chi connectivity index (χ2v) is 3.48. The largest absolute Gasteiger partial charge is 0.469 e. The van der Waals surface area contributed by atoms with E-state index in [4.69, 9.17) is 4.74 Å². The highest BCUT2D eigenvalue weighted by atomic mass is 16.6. The fourth-order valence-electron chi connectivity index (χ4n) is 1.50. The van der Waals surface area contributed by atoms with Gasteiger partial charge in [-0.2, -0.15) is 0 Å². The van der Waals surface area contributed by atoms with Crippen LogP contribution in [0.4, 0.5) is 0 Å². The normalized spacial score (nSPS) is 23.0. The van der Waals surface area contributed by atoms with Gasteiger partial charge in [0.05, 0.1) is 20.6 Å². The summed E-state index contributed by atoms with van der Waals surface area (Å²) in [5.74, 6) is -1.72. The summed E-state index contributed by atoms with van der Waals surface area (Å²) >= 11 is 0. The summed E-state index contributed by atoms with van der Waals surface area (Å²) in [5.41, 5.74) is 0. The minimum Gasteiger partial charge on any atom is -0.469 e. The standard InChI is InChI=1S/C10H14O6/c1-14-8(11)4-3-7-6(10(13)16-7)5-9(12)15-2/h6-7H,3-5H2,1-2H3/t6-,7+/m1/s1. The summed E-state index contributed by atoms with van der Waals surface area (Å²) in [6.07, 6.45) is 0.165. The lowest BCUT2D eigenvalue weighted by Gasteiger charge is -2.34. The zero-order valence-corrected chi connectivity index (χ0v) is 9.23. The number of carbonyl (C=O) groups is 3. The molecule has 6 heteroatoms. The Bertz CT molecular complexity index is 298. The fraction of sp³-hybridized carbons (Fsp3) is 0.700. The molecule has 0 bridgehead atoms. The number of methoxy groups -OCH3 is 2. The molecule has 1 aliphatic heterocycles. The molecule has 16 heavy (non-hydrogen) atoms. The zero-order valence-electron chi connectivity index (χ0n) is 9.23. The van der Waals surface area contributed by atoms with E-state index in [-0.39, 0.29) is 24.9 Å². The van der Waals surface area contributed by atoms with Gasteiger partial charge in [-0.3, -0.25) is 14.4 Å². The van der Waals surface area contributed by atoms with Crippen LogP contribution in [-0.2, 0) is 28.6 Å². The summed E-state index contributed by atoms with van der Waals surface area (Å²) in [6.45, 7) is 0. The molecule has 1 fully saturated rings. The van der Waals surface area contributed by atoms with Crippen molar-refractivity contribution in [3.63, 3.8) is 0 Å². The number of esters is 3. The molecule has 0 unspecified atom stereocenters. The van der Waals surface area contributed by atoms with Crippen molar-refractivity contribution in [2.24, 2.45) is 5.92 Å². The van der Waals surface area contributed by atoms with E-state index in [2.05, 4.69) is 9.47 Å². The molecule has 1 aliphatic rings. The van der Waals surface area contributed by atoms with Crippen molar-refractivity contribution in [1.82, 2.24) is 0 Å². The lowest BCUT2D eigenvalue weighted by Crippen LogP contribution is -2.46. The van der Waals surface area contributed by atoms with Crippen molar-refractivity contribution in [2.45, 2.75) is 25.4 Å². The van der Waals surface area contributed by atoms with Crippen LogP contribution in [0.25, 0.3) is 0 Å². The van der Waals surface area contributed by atoms with Crippen LogP contribution in [0.5, 0.6) is 0 Å². The Morgan fingerprint density at radius 3 is 2.38 bits per heavy atom. The van der Waals surface area contributed by atoms with E-state index < -0.39 is 17.9 Å².